The fourth-order valence-electron chi connectivity index (χ4n) is 3.18. The summed E-state index contributed by atoms with van der Waals surface area (Å²) in [6.07, 6.45) is 0. The van der Waals surface area contributed by atoms with Crippen molar-refractivity contribution in [1.82, 2.24) is 0 Å². The molecular weight excluding hydrogens is 443 g/mol. The van der Waals surface area contributed by atoms with Gasteiger partial charge in [0.25, 0.3) is 11.8 Å². The van der Waals surface area contributed by atoms with Gasteiger partial charge in [-0.05, 0) is 59.7 Å². The smallest absolute Gasteiger partial charge is 0.257 e. The Hall–Kier alpha value is -3.60. The van der Waals surface area contributed by atoms with Gasteiger partial charge in [0, 0.05) is 11.4 Å². The lowest BCUT2D eigenvalue weighted by atomic mass is 10.0. The highest BCUT2D eigenvalue weighted by molar-refractivity contribution is 6.34. The summed E-state index contributed by atoms with van der Waals surface area (Å²) in [5.41, 5.74) is 4.14. The van der Waals surface area contributed by atoms with Crippen LogP contribution in [-0.4, -0.2) is 11.8 Å². The number of hydrogen-bond donors (Lipinski definition) is 2. The Morgan fingerprint density at radius 3 is 1.19 bits per heavy atom. The number of halogens is 2. The van der Waals surface area contributed by atoms with Crippen LogP contribution < -0.4 is 10.6 Å². The molecule has 0 aliphatic carbocycles. The van der Waals surface area contributed by atoms with E-state index in [1.54, 1.807) is 48.5 Å². The Morgan fingerprint density at radius 1 is 0.500 bits per heavy atom. The van der Waals surface area contributed by atoms with Crippen molar-refractivity contribution in [3.05, 3.63) is 118 Å². The molecule has 4 aromatic rings. The molecule has 0 unspecified atom stereocenters. The minimum absolute atomic E-state index is 0.262. The van der Waals surface area contributed by atoms with Gasteiger partial charge in [-0.25, -0.2) is 0 Å². The van der Waals surface area contributed by atoms with Crippen LogP contribution in [0.3, 0.4) is 0 Å². The fourth-order valence-corrected chi connectivity index (χ4v) is 3.62. The van der Waals surface area contributed by atoms with E-state index in [9.17, 15) is 9.59 Å². The lowest BCUT2D eigenvalue weighted by molar-refractivity contribution is 0.101. The molecule has 0 heterocycles. The molecule has 0 aliphatic heterocycles. The van der Waals surface area contributed by atoms with Crippen molar-refractivity contribution < 1.29 is 9.59 Å². The van der Waals surface area contributed by atoms with Gasteiger partial charge in [0.15, 0.2) is 0 Å². The summed E-state index contributed by atoms with van der Waals surface area (Å²) in [6.45, 7) is 0. The standard InChI is InChI=1S/C26H18Cl2N2O2/c27-23-7-3-1-5-21(23)25(31)29-19-13-9-17(10-14-19)18-11-15-20(16-12-18)30-26(32)22-6-2-4-8-24(22)28/h1-16H,(H,29,31)(H,30,32). The van der Waals surface area contributed by atoms with E-state index in [1.807, 2.05) is 48.5 Å². The minimum atomic E-state index is -0.262. The summed E-state index contributed by atoms with van der Waals surface area (Å²) in [6, 6.07) is 28.8. The van der Waals surface area contributed by atoms with Crippen molar-refractivity contribution in [2.45, 2.75) is 0 Å². The van der Waals surface area contributed by atoms with Gasteiger partial charge in [0.1, 0.15) is 0 Å². The highest BCUT2D eigenvalue weighted by Gasteiger charge is 2.11. The number of rotatable bonds is 5. The molecule has 0 atom stereocenters. The molecule has 6 heteroatoms. The molecule has 158 valence electrons. The number of amides is 2. The molecule has 0 aromatic heterocycles. The second-order valence-corrected chi connectivity index (χ2v) is 7.84. The lowest BCUT2D eigenvalue weighted by Gasteiger charge is -2.09. The Kier molecular flexibility index (Phi) is 6.55. The number of carbonyl (C=O) groups is 2. The number of carbonyl (C=O) groups excluding carboxylic acids is 2. The molecule has 0 saturated heterocycles. The first kappa shape index (κ1) is 21.6. The summed E-state index contributed by atoms with van der Waals surface area (Å²) in [5, 5.41) is 6.51. The maximum Gasteiger partial charge on any atom is 0.257 e. The van der Waals surface area contributed by atoms with Crippen LogP contribution >= 0.6 is 23.2 Å². The Labute approximate surface area is 195 Å². The van der Waals surface area contributed by atoms with Crippen molar-refractivity contribution in [3.63, 3.8) is 0 Å². The molecule has 0 aliphatic rings. The molecule has 2 N–H and O–H groups in total. The highest BCUT2D eigenvalue weighted by Crippen LogP contribution is 2.25. The van der Waals surface area contributed by atoms with E-state index < -0.39 is 0 Å². The molecule has 0 spiro atoms. The van der Waals surface area contributed by atoms with Gasteiger partial charge in [-0.2, -0.15) is 0 Å². The minimum Gasteiger partial charge on any atom is -0.322 e. The molecule has 0 fully saturated rings. The third-order valence-electron chi connectivity index (χ3n) is 4.86. The third-order valence-corrected chi connectivity index (χ3v) is 5.52. The molecule has 4 aromatic carbocycles. The zero-order valence-corrected chi connectivity index (χ0v) is 18.3. The Morgan fingerprint density at radius 2 is 0.844 bits per heavy atom. The Balaban J connectivity index is 1.42. The van der Waals surface area contributed by atoms with E-state index in [4.69, 9.17) is 23.2 Å². The molecule has 4 rings (SSSR count). The predicted molar refractivity (Wildman–Crippen MR) is 131 cm³/mol. The predicted octanol–water partition coefficient (Wildman–Crippen LogP) is 7.17. The van der Waals surface area contributed by atoms with E-state index in [1.165, 1.54) is 0 Å². The van der Waals surface area contributed by atoms with Crippen LogP contribution in [0.5, 0.6) is 0 Å². The van der Waals surface area contributed by atoms with E-state index in [0.717, 1.165) is 11.1 Å². The van der Waals surface area contributed by atoms with Gasteiger partial charge >= 0.3 is 0 Å². The van der Waals surface area contributed by atoms with Gasteiger partial charge in [0.2, 0.25) is 0 Å². The summed E-state index contributed by atoms with van der Waals surface area (Å²) < 4.78 is 0. The first-order valence-electron chi connectivity index (χ1n) is 9.83. The first-order chi connectivity index (χ1) is 15.5. The van der Waals surface area contributed by atoms with E-state index in [-0.39, 0.29) is 11.8 Å². The average Bonchev–Trinajstić information content (AvgIpc) is 2.80. The summed E-state index contributed by atoms with van der Waals surface area (Å²) in [4.78, 5) is 24.8. The van der Waals surface area contributed by atoms with Gasteiger partial charge in [-0.3, -0.25) is 9.59 Å². The van der Waals surface area contributed by atoms with Gasteiger partial charge < -0.3 is 10.6 Å². The summed E-state index contributed by atoms with van der Waals surface area (Å²) >= 11 is 12.2. The SMILES string of the molecule is O=C(Nc1ccc(-c2ccc(NC(=O)c3ccccc3Cl)cc2)cc1)c1ccccc1Cl. The van der Waals surface area contributed by atoms with Crippen LogP contribution in [0.2, 0.25) is 10.0 Å². The maximum absolute atomic E-state index is 12.4. The largest absolute Gasteiger partial charge is 0.322 e. The van der Waals surface area contributed by atoms with Crippen LogP contribution in [0, 0.1) is 0 Å². The summed E-state index contributed by atoms with van der Waals surface area (Å²) in [5.74, 6) is -0.524. The molecule has 0 bridgehead atoms. The molecule has 32 heavy (non-hydrogen) atoms. The van der Waals surface area contributed by atoms with Crippen LogP contribution in [0.1, 0.15) is 20.7 Å². The second-order valence-electron chi connectivity index (χ2n) is 7.02. The zero-order chi connectivity index (χ0) is 22.5. The van der Waals surface area contributed by atoms with Crippen molar-refractivity contribution in [3.8, 4) is 11.1 Å². The molecule has 0 radical (unpaired) electrons. The normalized spacial score (nSPS) is 10.4. The van der Waals surface area contributed by atoms with Crippen LogP contribution in [0.25, 0.3) is 11.1 Å². The van der Waals surface area contributed by atoms with Gasteiger partial charge in [-0.15, -0.1) is 0 Å². The number of nitrogens with one attached hydrogen (secondary N) is 2. The molecule has 4 nitrogen and oxygen atoms in total. The quantitative estimate of drug-likeness (QED) is 0.331. The highest BCUT2D eigenvalue weighted by atomic mass is 35.5. The maximum atomic E-state index is 12.4. The number of hydrogen-bond acceptors (Lipinski definition) is 2. The molecule has 0 saturated carbocycles. The van der Waals surface area contributed by atoms with Gasteiger partial charge in [-0.1, -0.05) is 71.7 Å². The average molecular weight is 461 g/mol. The van der Waals surface area contributed by atoms with Crippen molar-refractivity contribution in [1.29, 1.82) is 0 Å². The first-order valence-corrected chi connectivity index (χ1v) is 10.6. The third kappa shape index (κ3) is 4.99. The van der Waals surface area contributed by atoms with Crippen LogP contribution in [0.4, 0.5) is 11.4 Å². The van der Waals surface area contributed by atoms with Crippen molar-refractivity contribution >= 4 is 46.4 Å². The lowest BCUT2D eigenvalue weighted by Crippen LogP contribution is -2.12. The van der Waals surface area contributed by atoms with Crippen LogP contribution in [-0.2, 0) is 0 Å². The zero-order valence-electron chi connectivity index (χ0n) is 16.8. The Bertz CT molecular complexity index is 1170. The monoisotopic (exact) mass is 460 g/mol. The second kappa shape index (κ2) is 9.69. The van der Waals surface area contributed by atoms with E-state index in [0.29, 0.717) is 32.5 Å². The van der Waals surface area contributed by atoms with Crippen LogP contribution in [0.15, 0.2) is 97.1 Å². The van der Waals surface area contributed by atoms with Crippen molar-refractivity contribution in [2.24, 2.45) is 0 Å². The van der Waals surface area contributed by atoms with E-state index in [2.05, 4.69) is 10.6 Å². The molecule has 2 amide bonds. The van der Waals surface area contributed by atoms with E-state index >= 15 is 0 Å². The molecular formula is C26H18Cl2N2O2. The topological polar surface area (TPSA) is 58.2 Å². The summed E-state index contributed by atoms with van der Waals surface area (Å²) in [7, 11) is 0. The van der Waals surface area contributed by atoms with Crippen molar-refractivity contribution in [2.75, 3.05) is 10.6 Å². The number of benzene rings is 4. The fraction of sp³-hybridized carbons (Fsp3) is 0. The van der Waals surface area contributed by atoms with Gasteiger partial charge in [0.05, 0.1) is 21.2 Å². The number of anilines is 2.